The van der Waals surface area contributed by atoms with Crippen LogP contribution in [0, 0.1) is 0 Å². The van der Waals surface area contributed by atoms with E-state index in [1.165, 1.54) is 50.2 Å². The van der Waals surface area contributed by atoms with Crippen molar-refractivity contribution in [2.45, 2.75) is 24.9 Å². The molecule has 4 rings (SSSR count). The van der Waals surface area contributed by atoms with Crippen LogP contribution in [0.3, 0.4) is 0 Å². The molecule has 2 fully saturated rings. The topological polar surface area (TPSA) is 23.9 Å². The third kappa shape index (κ3) is 4.27. The molecule has 0 saturated carbocycles. The molecule has 2 aliphatic heterocycles. The number of nitrogens with zero attached hydrogens (tertiary/aromatic N) is 4. The Bertz CT molecular complexity index is 746. The Hall–Kier alpha value is -1.82. The summed E-state index contributed by atoms with van der Waals surface area (Å²) in [6, 6.07) is 3.27. The summed E-state index contributed by atoms with van der Waals surface area (Å²) in [5, 5.41) is 0. The number of likely N-dealkylation sites (tertiary alicyclic amines) is 1. The quantitative estimate of drug-likeness (QED) is 0.799. The first-order chi connectivity index (χ1) is 13.6. The Labute approximate surface area is 169 Å². The molecule has 1 aromatic rings. The largest absolute Gasteiger partial charge is 0.497 e. The average Bonchev–Trinajstić information content (AvgIpc) is 3.03. The number of aromatic nitrogens is 1. The molecule has 5 heteroatoms. The second-order valence-corrected chi connectivity index (χ2v) is 8.37. The minimum Gasteiger partial charge on any atom is -0.497 e. The molecular formula is C23H34N4O. The van der Waals surface area contributed by atoms with E-state index in [0.29, 0.717) is 6.04 Å². The number of ether oxygens (including phenoxy) is 1. The Morgan fingerprint density at radius 3 is 2.32 bits per heavy atom. The van der Waals surface area contributed by atoms with Gasteiger partial charge in [0.05, 0.1) is 13.2 Å². The van der Waals surface area contributed by atoms with Gasteiger partial charge in [0, 0.05) is 64.8 Å². The molecule has 1 aromatic heterocycles. The highest BCUT2D eigenvalue weighted by Gasteiger charge is 2.30. The summed E-state index contributed by atoms with van der Waals surface area (Å²) in [6.45, 7) is 7.16. The van der Waals surface area contributed by atoms with Crippen molar-refractivity contribution in [1.82, 2.24) is 19.3 Å². The minimum absolute atomic E-state index is 0.305. The smallest absolute Gasteiger partial charge is 0.118 e. The molecule has 0 aromatic carbocycles. The summed E-state index contributed by atoms with van der Waals surface area (Å²) in [7, 11) is 6.07. The van der Waals surface area contributed by atoms with Gasteiger partial charge in [0.25, 0.3) is 0 Å². The third-order valence-electron chi connectivity index (χ3n) is 6.54. The Kier molecular flexibility index (Phi) is 6.04. The van der Waals surface area contributed by atoms with Gasteiger partial charge < -0.3 is 14.2 Å². The molecule has 2 saturated heterocycles. The highest BCUT2D eigenvalue weighted by Crippen LogP contribution is 2.30. The fourth-order valence-electron chi connectivity index (χ4n) is 4.73. The van der Waals surface area contributed by atoms with Gasteiger partial charge in [-0.15, -0.1) is 0 Å². The van der Waals surface area contributed by atoms with Crippen LogP contribution in [0.15, 0.2) is 48.5 Å². The van der Waals surface area contributed by atoms with Crippen LogP contribution in [-0.4, -0.2) is 84.8 Å². The highest BCUT2D eigenvalue weighted by molar-refractivity contribution is 5.73. The minimum atomic E-state index is 0.305. The molecule has 0 N–H and O–H groups in total. The normalized spacial score (nSPS) is 26.0. The third-order valence-corrected chi connectivity index (χ3v) is 6.54. The predicted octanol–water partition coefficient (Wildman–Crippen LogP) is 2.59. The zero-order chi connectivity index (χ0) is 19.5. The fourth-order valence-corrected chi connectivity index (χ4v) is 4.73. The second-order valence-electron chi connectivity index (χ2n) is 8.37. The maximum absolute atomic E-state index is 5.50. The summed E-state index contributed by atoms with van der Waals surface area (Å²) in [5.41, 5.74) is 2.66. The summed E-state index contributed by atoms with van der Waals surface area (Å²) in [5.74, 6) is 0.920. The molecule has 0 amide bonds. The van der Waals surface area contributed by atoms with Crippen molar-refractivity contribution in [2.24, 2.45) is 7.05 Å². The lowest BCUT2D eigenvalue weighted by Crippen LogP contribution is -2.53. The highest BCUT2D eigenvalue weighted by atomic mass is 16.5. The molecule has 3 heterocycles. The standard InChI is InChI=1S/C23H34N4O/c1-24-14-16-26(17-15-24)20-9-12-27(13-10-20)23-7-5-21(28-3)4-6-22(23)19-8-11-25(2)18-19/h4-8,11,18,20,23H,9-10,12-17H2,1-3H3. The van der Waals surface area contributed by atoms with E-state index in [2.05, 4.69) is 76.1 Å². The van der Waals surface area contributed by atoms with Crippen molar-refractivity contribution in [3.8, 4) is 0 Å². The van der Waals surface area contributed by atoms with Gasteiger partial charge in [0.1, 0.15) is 5.76 Å². The Morgan fingerprint density at radius 2 is 1.68 bits per heavy atom. The average molecular weight is 383 g/mol. The number of hydrogen-bond acceptors (Lipinski definition) is 4. The zero-order valence-corrected chi connectivity index (χ0v) is 17.6. The Morgan fingerprint density at radius 1 is 0.929 bits per heavy atom. The fraction of sp³-hybridized carbons (Fsp3) is 0.565. The van der Waals surface area contributed by atoms with E-state index in [1.807, 2.05) is 0 Å². The van der Waals surface area contributed by atoms with Crippen LogP contribution < -0.4 is 0 Å². The van der Waals surface area contributed by atoms with Gasteiger partial charge in [-0.1, -0.05) is 12.2 Å². The van der Waals surface area contributed by atoms with Crippen LogP contribution in [0.1, 0.15) is 18.4 Å². The maximum Gasteiger partial charge on any atom is 0.118 e. The number of hydrogen-bond donors (Lipinski definition) is 0. The number of piperazine rings is 1. The van der Waals surface area contributed by atoms with Crippen LogP contribution in [0.25, 0.3) is 5.57 Å². The first-order valence-corrected chi connectivity index (χ1v) is 10.6. The molecule has 3 aliphatic rings. The van der Waals surface area contributed by atoms with Gasteiger partial charge in [-0.25, -0.2) is 0 Å². The second kappa shape index (κ2) is 8.68. The van der Waals surface area contributed by atoms with E-state index in [0.717, 1.165) is 24.9 Å². The van der Waals surface area contributed by atoms with Crippen LogP contribution in [0.5, 0.6) is 0 Å². The van der Waals surface area contributed by atoms with Crippen molar-refractivity contribution in [1.29, 1.82) is 0 Å². The molecule has 152 valence electrons. The van der Waals surface area contributed by atoms with Crippen LogP contribution in [0.4, 0.5) is 0 Å². The molecule has 1 unspecified atom stereocenters. The number of rotatable bonds is 4. The van der Waals surface area contributed by atoms with Crippen LogP contribution in [0.2, 0.25) is 0 Å². The summed E-state index contributed by atoms with van der Waals surface area (Å²) in [4.78, 5) is 7.81. The van der Waals surface area contributed by atoms with E-state index >= 15 is 0 Å². The lowest BCUT2D eigenvalue weighted by molar-refractivity contribution is 0.0659. The van der Waals surface area contributed by atoms with E-state index < -0.39 is 0 Å². The number of piperidine rings is 1. The van der Waals surface area contributed by atoms with Gasteiger partial charge in [-0.05, 0) is 49.2 Å². The van der Waals surface area contributed by atoms with E-state index in [4.69, 9.17) is 4.74 Å². The maximum atomic E-state index is 5.50. The number of methoxy groups -OCH3 is 1. The van der Waals surface area contributed by atoms with Crippen LogP contribution >= 0.6 is 0 Å². The van der Waals surface area contributed by atoms with E-state index in [-0.39, 0.29) is 0 Å². The number of likely N-dealkylation sites (N-methyl/N-ethyl adjacent to an activating group) is 1. The molecule has 1 atom stereocenters. The van der Waals surface area contributed by atoms with Crippen molar-refractivity contribution < 1.29 is 4.74 Å². The zero-order valence-electron chi connectivity index (χ0n) is 17.6. The van der Waals surface area contributed by atoms with E-state index in [9.17, 15) is 0 Å². The lowest BCUT2D eigenvalue weighted by Gasteiger charge is -2.43. The molecule has 0 spiro atoms. The first-order valence-electron chi connectivity index (χ1n) is 10.6. The molecular weight excluding hydrogens is 348 g/mol. The van der Waals surface area contributed by atoms with Crippen molar-refractivity contribution >= 4 is 5.57 Å². The SMILES string of the molecule is COC1=CC=C(c2ccn(C)c2)C(N2CCC(N3CCN(C)CC3)CC2)C=C1. The summed E-state index contributed by atoms with van der Waals surface area (Å²) >= 11 is 0. The van der Waals surface area contributed by atoms with Gasteiger partial charge in [-0.3, -0.25) is 9.80 Å². The van der Waals surface area contributed by atoms with E-state index in [1.54, 1.807) is 7.11 Å². The molecule has 0 bridgehead atoms. The van der Waals surface area contributed by atoms with Crippen molar-refractivity contribution in [3.05, 3.63) is 54.1 Å². The van der Waals surface area contributed by atoms with Gasteiger partial charge >= 0.3 is 0 Å². The van der Waals surface area contributed by atoms with Crippen molar-refractivity contribution in [3.63, 3.8) is 0 Å². The van der Waals surface area contributed by atoms with Gasteiger partial charge in [0.15, 0.2) is 0 Å². The van der Waals surface area contributed by atoms with Gasteiger partial charge in [-0.2, -0.15) is 0 Å². The number of aryl methyl sites for hydroxylation is 1. The number of allylic oxidation sites excluding steroid dienone is 3. The molecule has 0 radical (unpaired) electrons. The van der Waals surface area contributed by atoms with Gasteiger partial charge in [0.2, 0.25) is 0 Å². The van der Waals surface area contributed by atoms with Crippen LogP contribution in [-0.2, 0) is 11.8 Å². The monoisotopic (exact) mass is 382 g/mol. The molecule has 28 heavy (non-hydrogen) atoms. The predicted molar refractivity (Wildman–Crippen MR) is 115 cm³/mol. The van der Waals surface area contributed by atoms with Crippen molar-refractivity contribution in [2.75, 3.05) is 53.4 Å². The molecule has 1 aliphatic carbocycles. The molecule has 5 nitrogen and oxygen atoms in total. The summed E-state index contributed by atoms with van der Waals surface area (Å²) < 4.78 is 7.62. The lowest BCUT2D eigenvalue weighted by atomic mass is 9.95. The Balaban J connectivity index is 1.46. The summed E-state index contributed by atoms with van der Waals surface area (Å²) in [6.07, 6.45) is 15.7. The first kappa shape index (κ1) is 19.5.